The Labute approximate surface area is 128 Å². The fraction of sp³-hybridized carbons (Fsp3) is 0.429. The minimum Gasteiger partial charge on any atom is -0.462 e. The number of thioether (sulfide) groups is 2. The van der Waals surface area contributed by atoms with Crippen LogP contribution in [0.4, 0.5) is 0 Å². The highest BCUT2D eigenvalue weighted by atomic mass is 32.2. The summed E-state index contributed by atoms with van der Waals surface area (Å²) in [5.41, 5.74) is -0.0487. The average Bonchev–Trinajstić information content (AvgIpc) is 2.42. The van der Waals surface area contributed by atoms with Gasteiger partial charge in [-0.2, -0.15) is 0 Å². The molecular weight excluding hydrogens is 296 g/mol. The normalized spacial score (nSPS) is 9.50. The van der Waals surface area contributed by atoms with Crippen LogP contribution in [-0.2, 0) is 19.1 Å². The molecule has 0 aromatic rings. The lowest BCUT2D eigenvalue weighted by Crippen LogP contribution is -2.19. The van der Waals surface area contributed by atoms with Crippen molar-refractivity contribution in [1.29, 1.82) is 0 Å². The standard InChI is InChI=1S/C14H20O4S2/c1-5-9-19-14(20-10-6-2)11(12(15)17-7-3)13(16)18-8-4/h5-6H,1-2,7-10H2,3-4H3. The van der Waals surface area contributed by atoms with Gasteiger partial charge in [-0.25, -0.2) is 9.59 Å². The number of hydrogen-bond acceptors (Lipinski definition) is 6. The van der Waals surface area contributed by atoms with Gasteiger partial charge in [0, 0.05) is 11.5 Å². The Morgan fingerprint density at radius 3 is 1.65 bits per heavy atom. The molecule has 0 rings (SSSR count). The molecule has 20 heavy (non-hydrogen) atoms. The predicted molar refractivity (Wildman–Crippen MR) is 85.6 cm³/mol. The highest BCUT2D eigenvalue weighted by molar-refractivity contribution is 8.22. The van der Waals surface area contributed by atoms with Crippen molar-refractivity contribution in [2.45, 2.75) is 13.8 Å². The van der Waals surface area contributed by atoms with E-state index >= 15 is 0 Å². The van der Waals surface area contributed by atoms with Crippen LogP contribution in [0.5, 0.6) is 0 Å². The van der Waals surface area contributed by atoms with Gasteiger partial charge in [-0.05, 0) is 13.8 Å². The zero-order valence-corrected chi connectivity index (χ0v) is 13.5. The largest absolute Gasteiger partial charge is 0.462 e. The molecule has 0 fully saturated rings. The SMILES string of the molecule is C=CCSC(SCC=C)=C(C(=O)OCC)C(=O)OCC. The first-order chi connectivity index (χ1) is 9.62. The lowest BCUT2D eigenvalue weighted by molar-refractivity contribution is -0.146. The Kier molecular flexibility index (Phi) is 11.0. The van der Waals surface area contributed by atoms with Crippen molar-refractivity contribution >= 4 is 35.5 Å². The van der Waals surface area contributed by atoms with Crippen LogP contribution in [0.1, 0.15) is 13.8 Å². The number of rotatable bonds is 10. The smallest absolute Gasteiger partial charge is 0.347 e. The fourth-order valence-corrected chi connectivity index (χ4v) is 3.01. The minimum absolute atomic E-state index is 0.0487. The van der Waals surface area contributed by atoms with Crippen molar-refractivity contribution < 1.29 is 19.1 Å². The van der Waals surface area contributed by atoms with E-state index in [1.165, 1.54) is 23.5 Å². The van der Waals surface area contributed by atoms with Crippen molar-refractivity contribution in [3.63, 3.8) is 0 Å². The summed E-state index contributed by atoms with van der Waals surface area (Å²) < 4.78 is 10.4. The van der Waals surface area contributed by atoms with Gasteiger partial charge in [0.25, 0.3) is 0 Å². The van der Waals surface area contributed by atoms with Gasteiger partial charge in [0.05, 0.1) is 17.5 Å². The number of carbonyl (C=O) groups is 2. The van der Waals surface area contributed by atoms with Crippen LogP contribution in [-0.4, -0.2) is 36.7 Å². The predicted octanol–water partition coefficient (Wildman–Crippen LogP) is 3.16. The molecule has 4 nitrogen and oxygen atoms in total. The van der Waals surface area contributed by atoms with Crippen LogP contribution in [0.3, 0.4) is 0 Å². The average molecular weight is 316 g/mol. The molecule has 0 unspecified atom stereocenters. The van der Waals surface area contributed by atoms with Crippen LogP contribution in [0.15, 0.2) is 35.1 Å². The monoisotopic (exact) mass is 316 g/mol. The van der Waals surface area contributed by atoms with Crippen LogP contribution >= 0.6 is 23.5 Å². The molecule has 0 saturated carbocycles. The molecule has 0 atom stereocenters. The molecule has 0 aromatic carbocycles. The zero-order valence-electron chi connectivity index (χ0n) is 11.8. The molecule has 6 heteroatoms. The third-order valence-electron chi connectivity index (χ3n) is 1.83. The maximum absolute atomic E-state index is 12.0. The minimum atomic E-state index is -0.658. The zero-order chi connectivity index (χ0) is 15.4. The van der Waals surface area contributed by atoms with Gasteiger partial charge in [0.2, 0.25) is 0 Å². The van der Waals surface area contributed by atoms with Gasteiger partial charge < -0.3 is 9.47 Å². The highest BCUT2D eigenvalue weighted by Crippen LogP contribution is 2.33. The molecule has 0 amide bonds. The van der Waals surface area contributed by atoms with Gasteiger partial charge in [-0.1, -0.05) is 12.2 Å². The first-order valence-corrected chi connectivity index (χ1v) is 8.15. The molecule has 0 aliphatic carbocycles. The Bertz CT molecular complexity index is 355. The molecule has 0 saturated heterocycles. The van der Waals surface area contributed by atoms with Gasteiger partial charge in [-0.15, -0.1) is 36.7 Å². The summed E-state index contributed by atoms with van der Waals surface area (Å²) in [6.07, 6.45) is 3.40. The number of carbonyl (C=O) groups excluding carboxylic acids is 2. The Hall–Kier alpha value is -1.14. The third-order valence-corrected chi connectivity index (χ3v) is 4.27. The second-order valence-corrected chi connectivity index (χ2v) is 5.62. The van der Waals surface area contributed by atoms with E-state index in [1.54, 1.807) is 26.0 Å². The van der Waals surface area contributed by atoms with Gasteiger partial charge >= 0.3 is 11.9 Å². The molecule has 0 aromatic heterocycles. The number of ether oxygens (including phenoxy) is 2. The van der Waals surface area contributed by atoms with E-state index in [2.05, 4.69) is 13.2 Å². The summed E-state index contributed by atoms with van der Waals surface area (Å²) in [6.45, 7) is 11.0. The van der Waals surface area contributed by atoms with E-state index in [1.807, 2.05) is 0 Å². The maximum atomic E-state index is 12.0. The van der Waals surface area contributed by atoms with Crippen LogP contribution in [0.25, 0.3) is 0 Å². The molecule has 0 aliphatic rings. The fourth-order valence-electron chi connectivity index (χ4n) is 1.11. The Morgan fingerprint density at radius 1 is 0.950 bits per heavy atom. The quantitative estimate of drug-likeness (QED) is 0.203. The topological polar surface area (TPSA) is 52.6 Å². The van der Waals surface area contributed by atoms with E-state index in [4.69, 9.17) is 9.47 Å². The highest BCUT2D eigenvalue weighted by Gasteiger charge is 2.26. The van der Waals surface area contributed by atoms with Crippen molar-refractivity contribution in [1.82, 2.24) is 0 Å². The lowest BCUT2D eigenvalue weighted by atomic mass is 10.3. The molecule has 0 spiro atoms. The summed E-state index contributed by atoms with van der Waals surface area (Å²) >= 11 is 2.71. The van der Waals surface area contributed by atoms with Gasteiger partial charge in [0.15, 0.2) is 5.57 Å². The number of esters is 2. The first kappa shape index (κ1) is 18.9. The molecule has 112 valence electrons. The third kappa shape index (κ3) is 6.86. The number of hydrogen-bond donors (Lipinski definition) is 0. The first-order valence-electron chi connectivity index (χ1n) is 6.18. The molecular formula is C14H20O4S2. The Morgan fingerprint density at radius 2 is 1.35 bits per heavy atom. The summed E-state index contributed by atoms with van der Waals surface area (Å²) in [4.78, 5) is 23.9. The summed E-state index contributed by atoms with van der Waals surface area (Å²) in [5, 5.41) is 0. The van der Waals surface area contributed by atoms with E-state index in [9.17, 15) is 9.59 Å². The van der Waals surface area contributed by atoms with E-state index in [-0.39, 0.29) is 18.8 Å². The molecule has 0 heterocycles. The summed E-state index contributed by atoms with van der Waals surface area (Å²) in [6, 6.07) is 0. The van der Waals surface area contributed by atoms with E-state index in [0.717, 1.165) is 0 Å². The van der Waals surface area contributed by atoms with Crippen molar-refractivity contribution in [3.05, 3.63) is 35.1 Å². The molecule has 0 bridgehead atoms. The lowest BCUT2D eigenvalue weighted by Gasteiger charge is -2.11. The summed E-state index contributed by atoms with van der Waals surface area (Å²) in [7, 11) is 0. The van der Waals surface area contributed by atoms with E-state index < -0.39 is 11.9 Å². The van der Waals surface area contributed by atoms with Crippen LogP contribution < -0.4 is 0 Å². The van der Waals surface area contributed by atoms with Crippen molar-refractivity contribution in [2.24, 2.45) is 0 Å². The van der Waals surface area contributed by atoms with Gasteiger partial charge in [0.1, 0.15) is 0 Å². The van der Waals surface area contributed by atoms with Crippen LogP contribution in [0, 0.1) is 0 Å². The van der Waals surface area contributed by atoms with Crippen LogP contribution in [0.2, 0.25) is 0 Å². The Balaban J connectivity index is 5.42. The maximum Gasteiger partial charge on any atom is 0.347 e. The van der Waals surface area contributed by atoms with Crippen molar-refractivity contribution in [2.75, 3.05) is 24.7 Å². The summed E-state index contributed by atoms with van der Waals surface area (Å²) in [5.74, 6) is -0.146. The second kappa shape index (κ2) is 11.7. The second-order valence-electron chi connectivity index (χ2n) is 3.30. The molecule has 0 N–H and O–H groups in total. The van der Waals surface area contributed by atoms with E-state index in [0.29, 0.717) is 15.7 Å². The van der Waals surface area contributed by atoms with Crippen molar-refractivity contribution in [3.8, 4) is 0 Å². The molecule has 0 aliphatic heterocycles. The van der Waals surface area contributed by atoms with Gasteiger partial charge in [-0.3, -0.25) is 0 Å². The molecule has 0 radical (unpaired) electrons.